The molecule has 3 rings (SSSR count). The van der Waals surface area contributed by atoms with Crippen LogP contribution in [0.4, 0.5) is 10.2 Å². The quantitative estimate of drug-likeness (QED) is 0.833. The normalized spacial score (nSPS) is 17.7. The van der Waals surface area contributed by atoms with Crippen molar-refractivity contribution in [2.45, 2.75) is 32.9 Å². The number of rotatable bonds is 4. The molecule has 1 saturated heterocycles. The maximum absolute atomic E-state index is 13.2. The molecule has 0 saturated carbocycles. The number of nitriles is 1. The molecule has 2 aromatic rings. The van der Waals surface area contributed by atoms with E-state index in [1.165, 1.54) is 12.1 Å². The zero-order chi connectivity index (χ0) is 19.4. The van der Waals surface area contributed by atoms with Gasteiger partial charge in [0.2, 0.25) is 5.91 Å². The third kappa shape index (κ3) is 4.25. The third-order valence-electron chi connectivity index (χ3n) is 4.97. The molecular formula is C21H23FN4O. The maximum Gasteiger partial charge on any atom is 0.224 e. The Morgan fingerprint density at radius 1 is 1.30 bits per heavy atom. The lowest BCUT2D eigenvalue weighted by molar-refractivity contribution is -0.134. The number of carbonyl (C=O) groups excluding carboxylic acids is 1. The molecule has 1 aromatic carbocycles. The summed E-state index contributed by atoms with van der Waals surface area (Å²) >= 11 is 0. The van der Waals surface area contributed by atoms with Gasteiger partial charge in [0, 0.05) is 32.3 Å². The largest absolute Gasteiger partial charge is 0.353 e. The molecule has 5 nitrogen and oxygen atoms in total. The fraction of sp³-hybridized carbons (Fsp3) is 0.381. The number of anilines is 1. The van der Waals surface area contributed by atoms with E-state index in [4.69, 9.17) is 0 Å². The number of aromatic nitrogens is 1. The molecule has 1 unspecified atom stereocenters. The fourth-order valence-electron chi connectivity index (χ4n) is 3.47. The molecule has 1 aliphatic rings. The SMILES string of the molecule is CC(C)C1CN(c2ncccc2C#N)CCC(=O)N1Cc1ccc(F)cc1. The van der Waals surface area contributed by atoms with Crippen LogP contribution in [0.2, 0.25) is 0 Å². The lowest BCUT2D eigenvalue weighted by atomic mass is 10.0. The van der Waals surface area contributed by atoms with Crippen LogP contribution in [0.3, 0.4) is 0 Å². The lowest BCUT2D eigenvalue weighted by Crippen LogP contribution is -2.46. The van der Waals surface area contributed by atoms with E-state index in [0.717, 1.165) is 5.56 Å². The maximum atomic E-state index is 13.2. The van der Waals surface area contributed by atoms with E-state index in [1.54, 1.807) is 30.5 Å². The first-order valence-corrected chi connectivity index (χ1v) is 9.13. The van der Waals surface area contributed by atoms with Crippen LogP contribution in [0, 0.1) is 23.1 Å². The van der Waals surface area contributed by atoms with E-state index in [1.807, 2.05) is 9.80 Å². The number of halogens is 1. The first-order valence-electron chi connectivity index (χ1n) is 9.13. The van der Waals surface area contributed by atoms with Gasteiger partial charge >= 0.3 is 0 Å². The molecular weight excluding hydrogens is 343 g/mol. The van der Waals surface area contributed by atoms with Crippen molar-refractivity contribution in [3.05, 3.63) is 59.5 Å². The number of benzene rings is 1. The predicted octanol–water partition coefficient (Wildman–Crippen LogP) is 3.36. The van der Waals surface area contributed by atoms with Crippen molar-refractivity contribution in [1.29, 1.82) is 5.26 Å². The molecule has 1 amide bonds. The smallest absolute Gasteiger partial charge is 0.224 e. The van der Waals surface area contributed by atoms with Gasteiger partial charge in [-0.3, -0.25) is 4.79 Å². The average Bonchev–Trinajstić information content (AvgIpc) is 2.83. The highest BCUT2D eigenvalue weighted by molar-refractivity contribution is 5.78. The van der Waals surface area contributed by atoms with Crippen LogP contribution >= 0.6 is 0 Å². The zero-order valence-electron chi connectivity index (χ0n) is 15.6. The molecule has 0 bridgehead atoms. The number of hydrogen-bond donors (Lipinski definition) is 0. The summed E-state index contributed by atoms with van der Waals surface area (Å²) < 4.78 is 13.2. The second-order valence-corrected chi connectivity index (χ2v) is 7.14. The van der Waals surface area contributed by atoms with E-state index in [2.05, 4.69) is 24.9 Å². The molecule has 0 aliphatic carbocycles. The molecule has 0 N–H and O–H groups in total. The highest BCUT2D eigenvalue weighted by atomic mass is 19.1. The number of pyridine rings is 1. The Labute approximate surface area is 159 Å². The van der Waals surface area contributed by atoms with E-state index in [0.29, 0.717) is 37.4 Å². The van der Waals surface area contributed by atoms with Crippen molar-refractivity contribution in [3.63, 3.8) is 0 Å². The van der Waals surface area contributed by atoms with Gasteiger partial charge in [-0.05, 0) is 35.7 Å². The van der Waals surface area contributed by atoms with E-state index in [-0.39, 0.29) is 23.7 Å². The fourth-order valence-corrected chi connectivity index (χ4v) is 3.47. The minimum atomic E-state index is -0.285. The average molecular weight is 366 g/mol. The molecule has 27 heavy (non-hydrogen) atoms. The van der Waals surface area contributed by atoms with Gasteiger partial charge in [-0.25, -0.2) is 9.37 Å². The van der Waals surface area contributed by atoms with Crippen LogP contribution in [0.25, 0.3) is 0 Å². The van der Waals surface area contributed by atoms with Crippen LogP contribution in [-0.4, -0.2) is 34.9 Å². The lowest BCUT2D eigenvalue weighted by Gasteiger charge is -2.35. The first kappa shape index (κ1) is 18.8. The van der Waals surface area contributed by atoms with Crippen LogP contribution in [0.5, 0.6) is 0 Å². The minimum absolute atomic E-state index is 0.0291. The topological polar surface area (TPSA) is 60.2 Å². The zero-order valence-corrected chi connectivity index (χ0v) is 15.6. The standard InChI is InChI=1S/C21H23FN4O/c1-15(2)19-14-25(21-17(12-23)4-3-10-24-21)11-9-20(27)26(19)13-16-5-7-18(22)8-6-16/h3-8,10,15,19H,9,11,13-14H2,1-2H3. The van der Waals surface area contributed by atoms with Gasteiger partial charge < -0.3 is 9.80 Å². The van der Waals surface area contributed by atoms with Gasteiger partial charge in [0.25, 0.3) is 0 Å². The summed E-state index contributed by atoms with van der Waals surface area (Å²) in [4.78, 5) is 21.2. The molecule has 1 atom stereocenters. The van der Waals surface area contributed by atoms with E-state index in [9.17, 15) is 14.4 Å². The summed E-state index contributed by atoms with van der Waals surface area (Å²) in [6.07, 6.45) is 2.02. The molecule has 0 radical (unpaired) electrons. The van der Waals surface area contributed by atoms with Crippen molar-refractivity contribution < 1.29 is 9.18 Å². The van der Waals surface area contributed by atoms with Gasteiger partial charge in [0.15, 0.2) is 0 Å². The summed E-state index contributed by atoms with van der Waals surface area (Å²) in [7, 11) is 0. The van der Waals surface area contributed by atoms with Crippen LogP contribution < -0.4 is 4.90 Å². The van der Waals surface area contributed by atoms with Crippen LogP contribution in [0.1, 0.15) is 31.4 Å². The van der Waals surface area contributed by atoms with Crippen molar-refractivity contribution in [3.8, 4) is 6.07 Å². The predicted molar refractivity (Wildman–Crippen MR) is 101 cm³/mol. The van der Waals surface area contributed by atoms with Crippen molar-refractivity contribution >= 4 is 11.7 Å². The van der Waals surface area contributed by atoms with Crippen LogP contribution in [-0.2, 0) is 11.3 Å². The van der Waals surface area contributed by atoms with Gasteiger partial charge in [-0.2, -0.15) is 5.26 Å². The van der Waals surface area contributed by atoms with Crippen molar-refractivity contribution in [1.82, 2.24) is 9.88 Å². The highest BCUT2D eigenvalue weighted by Gasteiger charge is 2.32. The first-order chi connectivity index (χ1) is 13.0. The molecule has 0 spiro atoms. The summed E-state index contributed by atoms with van der Waals surface area (Å²) in [5, 5.41) is 9.39. The number of nitrogens with zero attached hydrogens (tertiary/aromatic N) is 4. The molecule has 1 aromatic heterocycles. The number of amides is 1. The van der Waals surface area contributed by atoms with Crippen molar-refractivity contribution in [2.24, 2.45) is 5.92 Å². The molecule has 140 valence electrons. The molecule has 2 heterocycles. The Morgan fingerprint density at radius 2 is 2.04 bits per heavy atom. The number of hydrogen-bond acceptors (Lipinski definition) is 4. The second kappa shape index (κ2) is 8.17. The highest BCUT2D eigenvalue weighted by Crippen LogP contribution is 2.25. The van der Waals surface area contributed by atoms with E-state index >= 15 is 0 Å². The number of carbonyl (C=O) groups is 1. The van der Waals surface area contributed by atoms with Gasteiger partial charge in [-0.15, -0.1) is 0 Å². The summed E-state index contributed by atoms with van der Waals surface area (Å²) in [6, 6.07) is 11.9. The summed E-state index contributed by atoms with van der Waals surface area (Å²) in [6.45, 7) is 5.75. The second-order valence-electron chi connectivity index (χ2n) is 7.14. The Hall–Kier alpha value is -2.94. The Morgan fingerprint density at radius 3 is 2.70 bits per heavy atom. The Kier molecular flexibility index (Phi) is 5.70. The molecule has 1 fully saturated rings. The monoisotopic (exact) mass is 366 g/mol. The minimum Gasteiger partial charge on any atom is -0.353 e. The summed E-state index contributed by atoms with van der Waals surface area (Å²) in [5.41, 5.74) is 1.42. The van der Waals surface area contributed by atoms with E-state index < -0.39 is 0 Å². The van der Waals surface area contributed by atoms with Gasteiger partial charge in [0.1, 0.15) is 17.7 Å². The van der Waals surface area contributed by atoms with Gasteiger partial charge in [-0.1, -0.05) is 26.0 Å². The Balaban J connectivity index is 1.88. The van der Waals surface area contributed by atoms with Gasteiger partial charge in [0.05, 0.1) is 11.6 Å². The molecule has 1 aliphatic heterocycles. The third-order valence-corrected chi connectivity index (χ3v) is 4.97. The summed E-state index contributed by atoms with van der Waals surface area (Å²) in [5.74, 6) is 0.632. The van der Waals surface area contributed by atoms with Crippen LogP contribution in [0.15, 0.2) is 42.6 Å². The molecule has 6 heteroatoms. The Bertz CT molecular complexity index is 844. The van der Waals surface area contributed by atoms with Crippen molar-refractivity contribution in [2.75, 3.05) is 18.0 Å².